The molecule has 0 N–H and O–H groups in total. The molecule has 1 aromatic carbocycles. The van der Waals surface area contributed by atoms with E-state index < -0.39 is 0 Å². The van der Waals surface area contributed by atoms with Gasteiger partial charge >= 0.3 is 0 Å². The third-order valence-electron chi connectivity index (χ3n) is 3.55. The molecule has 7 heteroatoms. The molecule has 0 radical (unpaired) electrons. The Balaban J connectivity index is 1.72. The SMILES string of the molecule is N#Cc1cnc(Sc2nnc(C3CC3)n2-c2ccccc2)cn1. The van der Waals surface area contributed by atoms with Crippen LogP contribution in [0, 0.1) is 11.3 Å². The van der Waals surface area contributed by atoms with Gasteiger partial charge in [0.2, 0.25) is 5.16 Å². The van der Waals surface area contributed by atoms with Gasteiger partial charge in [0.15, 0.2) is 5.69 Å². The first kappa shape index (κ1) is 13.9. The van der Waals surface area contributed by atoms with Gasteiger partial charge in [0.1, 0.15) is 16.9 Å². The molecule has 0 unspecified atom stereocenters. The zero-order chi connectivity index (χ0) is 15.6. The average Bonchev–Trinajstić information content (AvgIpc) is 3.37. The highest BCUT2D eigenvalue weighted by molar-refractivity contribution is 7.99. The first-order chi connectivity index (χ1) is 11.3. The average molecular weight is 320 g/mol. The zero-order valence-electron chi connectivity index (χ0n) is 12.1. The van der Waals surface area contributed by atoms with Crippen molar-refractivity contribution in [3.8, 4) is 11.8 Å². The Labute approximate surface area is 137 Å². The quantitative estimate of drug-likeness (QED) is 0.735. The minimum Gasteiger partial charge on any atom is -0.273 e. The van der Waals surface area contributed by atoms with Crippen molar-refractivity contribution in [2.45, 2.75) is 28.9 Å². The molecule has 0 atom stereocenters. The Kier molecular flexibility index (Phi) is 3.52. The minimum absolute atomic E-state index is 0.303. The molecule has 1 fully saturated rings. The van der Waals surface area contributed by atoms with Crippen LogP contribution in [0.15, 0.2) is 52.9 Å². The molecule has 1 aliphatic carbocycles. The summed E-state index contributed by atoms with van der Waals surface area (Å²) in [6.45, 7) is 0. The molecule has 0 spiro atoms. The standard InChI is InChI=1S/C16H12N6S/c17-8-12-9-19-14(10-18-12)23-16-21-20-15(11-6-7-11)22(16)13-4-2-1-3-5-13/h1-5,9-11H,6-7H2. The van der Waals surface area contributed by atoms with Crippen LogP contribution >= 0.6 is 11.8 Å². The van der Waals surface area contributed by atoms with E-state index in [1.54, 1.807) is 6.20 Å². The maximum absolute atomic E-state index is 8.80. The highest BCUT2D eigenvalue weighted by Gasteiger charge is 2.31. The summed E-state index contributed by atoms with van der Waals surface area (Å²) in [6.07, 6.45) is 5.37. The van der Waals surface area contributed by atoms with Crippen LogP contribution in [-0.2, 0) is 0 Å². The van der Waals surface area contributed by atoms with Crippen molar-refractivity contribution in [2.75, 3.05) is 0 Å². The maximum atomic E-state index is 8.80. The third-order valence-corrected chi connectivity index (χ3v) is 4.42. The number of nitriles is 1. The summed E-state index contributed by atoms with van der Waals surface area (Å²) >= 11 is 1.40. The van der Waals surface area contributed by atoms with Gasteiger partial charge in [0.05, 0.1) is 12.4 Å². The molecular formula is C16H12N6S. The fourth-order valence-electron chi connectivity index (χ4n) is 2.29. The van der Waals surface area contributed by atoms with Crippen molar-refractivity contribution >= 4 is 11.8 Å². The second-order valence-electron chi connectivity index (χ2n) is 5.24. The summed E-state index contributed by atoms with van der Waals surface area (Å²) < 4.78 is 2.09. The maximum Gasteiger partial charge on any atom is 0.202 e. The number of nitrogens with zero attached hydrogens (tertiary/aromatic N) is 6. The lowest BCUT2D eigenvalue weighted by Gasteiger charge is -2.09. The number of hydrogen-bond donors (Lipinski definition) is 0. The molecule has 0 aliphatic heterocycles. The minimum atomic E-state index is 0.303. The van der Waals surface area contributed by atoms with Gasteiger partial charge in [-0.25, -0.2) is 9.97 Å². The Morgan fingerprint density at radius 1 is 1.09 bits per heavy atom. The largest absolute Gasteiger partial charge is 0.273 e. The molecule has 1 aliphatic rings. The molecule has 2 heterocycles. The molecule has 23 heavy (non-hydrogen) atoms. The van der Waals surface area contributed by atoms with E-state index in [9.17, 15) is 0 Å². The summed E-state index contributed by atoms with van der Waals surface area (Å²) in [6, 6.07) is 12.1. The Morgan fingerprint density at radius 3 is 2.57 bits per heavy atom. The summed E-state index contributed by atoms with van der Waals surface area (Å²) in [5, 5.41) is 19.0. The molecular weight excluding hydrogens is 308 g/mol. The third kappa shape index (κ3) is 2.81. The molecule has 3 aromatic rings. The molecule has 0 amide bonds. The van der Waals surface area contributed by atoms with Crippen LogP contribution in [0.3, 0.4) is 0 Å². The number of rotatable bonds is 4. The van der Waals surface area contributed by atoms with Crippen LogP contribution in [0.1, 0.15) is 30.3 Å². The lowest BCUT2D eigenvalue weighted by molar-refractivity contribution is 0.828. The predicted octanol–water partition coefficient (Wildman–Crippen LogP) is 2.96. The Morgan fingerprint density at radius 2 is 1.91 bits per heavy atom. The van der Waals surface area contributed by atoms with Gasteiger partial charge in [-0.05, 0) is 36.7 Å². The second kappa shape index (κ2) is 5.82. The number of hydrogen-bond acceptors (Lipinski definition) is 6. The van der Waals surface area contributed by atoms with E-state index >= 15 is 0 Å². The van der Waals surface area contributed by atoms with Crippen molar-refractivity contribution in [2.24, 2.45) is 0 Å². The van der Waals surface area contributed by atoms with Crippen molar-refractivity contribution in [1.82, 2.24) is 24.7 Å². The van der Waals surface area contributed by atoms with Gasteiger partial charge in [-0.1, -0.05) is 18.2 Å². The number of para-hydroxylation sites is 1. The van der Waals surface area contributed by atoms with Gasteiger partial charge in [0, 0.05) is 11.6 Å². The molecule has 0 saturated heterocycles. The van der Waals surface area contributed by atoms with E-state index in [2.05, 4.69) is 24.7 Å². The molecule has 6 nitrogen and oxygen atoms in total. The smallest absolute Gasteiger partial charge is 0.202 e. The monoisotopic (exact) mass is 320 g/mol. The van der Waals surface area contributed by atoms with Crippen LogP contribution < -0.4 is 0 Å². The van der Waals surface area contributed by atoms with Crippen molar-refractivity contribution in [1.29, 1.82) is 5.26 Å². The zero-order valence-corrected chi connectivity index (χ0v) is 12.9. The highest BCUT2D eigenvalue weighted by atomic mass is 32.2. The van der Waals surface area contributed by atoms with Crippen molar-refractivity contribution < 1.29 is 0 Å². The van der Waals surface area contributed by atoms with Gasteiger partial charge in [0.25, 0.3) is 0 Å². The molecule has 0 bridgehead atoms. The predicted molar refractivity (Wildman–Crippen MR) is 84.2 cm³/mol. The van der Waals surface area contributed by atoms with Crippen LogP contribution in [0.5, 0.6) is 0 Å². The molecule has 112 valence electrons. The van der Waals surface area contributed by atoms with E-state index in [1.807, 2.05) is 36.4 Å². The molecule has 1 saturated carbocycles. The van der Waals surface area contributed by atoms with E-state index in [0.29, 0.717) is 16.6 Å². The first-order valence-corrected chi connectivity index (χ1v) is 8.07. The van der Waals surface area contributed by atoms with Crippen LogP contribution in [0.4, 0.5) is 0 Å². The number of benzene rings is 1. The van der Waals surface area contributed by atoms with Gasteiger partial charge in [-0.15, -0.1) is 10.2 Å². The Hall–Kier alpha value is -2.72. The first-order valence-electron chi connectivity index (χ1n) is 7.26. The Bertz CT molecular complexity index is 862. The van der Waals surface area contributed by atoms with Gasteiger partial charge < -0.3 is 0 Å². The van der Waals surface area contributed by atoms with Gasteiger partial charge in [-0.3, -0.25) is 4.57 Å². The molecule has 2 aromatic heterocycles. The highest BCUT2D eigenvalue weighted by Crippen LogP contribution is 2.41. The van der Waals surface area contributed by atoms with E-state index in [-0.39, 0.29) is 0 Å². The normalized spacial score (nSPS) is 13.7. The van der Waals surface area contributed by atoms with E-state index in [4.69, 9.17) is 5.26 Å². The van der Waals surface area contributed by atoms with Crippen LogP contribution in [-0.4, -0.2) is 24.7 Å². The summed E-state index contributed by atoms with van der Waals surface area (Å²) in [4.78, 5) is 8.29. The fourth-order valence-corrected chi connectivity index (χ4v) is 3.06. The fraction of sp³-hybridized carbons (Fsp3) is 0.188. The van der Waals surface area contributed by atoms with Crippen molar-refractivity contribution in [3.05, 3.63) is 54.2 Å². The van der Waals surface area contributed by atoms with E-state index in [0.717, 1.165) is 29.5 Å². The van der Waals surface area contributed by atoms with Gasteiger partial charge in [-0.2, -0.15) is 5.26 Å². The number of aromatic nitrogens is 5. The van der Waals surface area contributed by atoms with Crippen LogP contribution in [0.2, 0.25) is 0 Å². The summed E-state index contributed by atoms with van der Waals surface area (Å²) in [5.74, 6) is 1.49. The topological polar surface area (TPSA) is 80.3 Å². The second-order valence-corrected chi connectivity index (χ2v) is 6.23. The van der Waals surface area contributed by atoms with E-state index in [1.165, 1.54) is 18.0 Å². The summed E-state index contributed by atoms with van der Waals surface area (Å²) in [7, 11) is 0. The summed E-state index contributed by atoms with van der Waals surface area (Å²) in [5.41, 5.74) is 1.35. The lowest BCUT2D eigenvalue weighted by Crippen LogP contribution is -2.01. The molecule has 4 rings (SSSR count). The van der Waals surface area contributed by atoms with Crippen molar-refractivity contribution in [3.63, 3.8) is 0 Å². The van der Waals surface area contributed by atoms with Crippen LogP contribution in [0.25, 0.3) is 5.69 Å². The lowest BCUT2D eigenvalue weighted by atomic mass is 10.3.